The van der Waals surface area contributed by atoms with Gasteiger partial charge in [-0.3, -0.25) is 5.32 Å². The summed E-state index contributed by atoms with van der Waals surface area (Å²) >= 11 is 1.65. The summed E-state index contributed by atoms with van der Waals surface area (Å²) in [5.74, 6) is -0.141. The summed E-state index contributed by atoms with van der Waals surface area (Å²) in [5, 5.41) is 5.51. The summed E-state index contributed by atoms with van der Waals surface area (Å²) in [6, 6.07) is 2.43. The minimum atomic E-state index is -0.628. The van der Waals surface area contributed by atoms with Gasteiger partial charge < -0.3 is 4.74 Å². The molecule has 17 heavy (non-hydrogen) atoms. The normalized spacial score (nSPS) is 27.6. The number of fused-ring (bicyclic) bond motifs is 1. The van der Waals surface area contributed by atoms with E-state index in [1.165, 1.54) is 5.56 Å². The molecular weight excluding hydrogens is 234 g/mol. The number of hydrogen-bond donors (Lipinski definition) is 1. The second-order valence-corrected chi connectivity index (χ2v) is 5.42. The molecule has 3 nitrogen and oxygen atoms in total. The molecule has 0 spiro atoms. The molecule has 0 saturated carbocycles. The Balaban J connectivity index is 2.44. The van der Waals surface area contributed by atoms with E-state index in [0.717, 1.165) is 17.7 Å². The molecule has 0 amide bonds. The predicted octanol–water partition coefficient (Wildman–Crippen LogP) is 2.45. The summed E-state index contributed by atoms with van der Waals surface area (Å²) in [5.41, 5.74) is 0.660. The Bertz CT molecular complexity index is 415. The number of ether oxygens (including phenoxy) is 1. The first kappa shape index (κ1) is 12.6. The summed E-state index contributed by atoms with van der Waals surface area (Å²) in [4.78, 5) is 13.4. The van der Waals surface area contributed by atoms with E-state index in [2.05, 4.69) is 23.7 Å². The van der Waals surface area contributed by atoms with Gasteiger partial charge in [-0.2, -0.15) is 0 Å². The third-order valence-corrected chi connectivity index (χ3v) is 4.43. The van der Waals surface area contributed by atoms with Crippen LogP contribution in [-0.4, -0.2) is 18.6 Å². The Kier molecular flexibility index (Phi) is 3.54. The van der Waals surface area contributed by atoms with Crippen LogP contribution in [-0.2, 0) is 21.5 Å². The van der Waals surface area contributed by atoms with Crippen LogP contribution < -0.4 is 5.32 Å². The molecular formula is C13H19NO2S. The molecule has 0 radical (unpaired) electrons. The van der Waals surface area contributed by atoms with Crippen LogP contribution in [0, 0.1) is 0 Å². The summed E-state index contributed by atoms with van der Waals surface area (Å²) in [6.07, 6.45) is 1.71. The average Bonchev–Trinajstić information content (AvgIpc) is 2.76. The van der Waals surface area contributed by atoms with Crippen LogP contribution in [0.5, 0.6) is 0 Å². The molecule has 0 aliphatic carbocycles. The number of rotatable bonds is 3. The van der Waals surface area contributed by atoms with Crippen LogP contribution in [0.4, 0.5) is 0 Å². The maximum Gasteiger partial charge on any atom is 0.331 e. The van der Waals surface area contributed by atoms with Gasteiger partial charge in [-0.15, -0.1) is 11.3 Å². The van der Waals surface area contributed by atoms with Crippen molar-refractivity contribution in [1.82, 2.24) is 5.32 Å². The lowest BCUT2D eigenvalue weighted by molar-refractivity contribution is -0.152. The quantitative estimate of drug-likeness (QED) is 0.841. The van der Waals surface area contributed by atoms with Gasteiger partial charge in [0.2, 0.25) is 0 Å². The highest BCUT2D eigenvalue weighted by Crippen LogP contribution is 2.38. The number of carbonyl (C=O) groups is 1. The number of esters is 1. The molecule has 1 aromatic rings. The van der Waals surface area contributed by atoms with E-state index in [0.29, 0.717) is 12.6 Å². The predicted molar refractivity (Wildman–Crippen MR) is 69.2 cm³/mol. The molecule has 0 aromatic carbocycles. The van der Waals surface area contributed by atoms with Gasteiger partial charge in [-0.1, -0.05) is 6.92 Å². The molecule has 0 bridgehead atoms. The largest absolute Gasteiger partial charge is 0.464 e. The molecule has 1 aromatic heterocycles. The zero-order valence-corrected chi connectivity index (χ0v) is 11.4. The molecule has 1 aliphatic rings. The van der Waals surface area contributed by atoms with Crippen molar-refractivity contribution in [1.29, 1.82) is 0 Å². The summed E-state index contributed by atoms with van der Waals surface area (Å²) in [6.45, 7) is 6.43. The van der Waals surface area contributed by atoms with Crippen LogP contribution >= 0.6 is 11.3 Å². The van der Waals surface area contributed by atoms with Crippen molar-refractivity contribution in [3.63, 3.8) is 0 Å². The molecule has 2 atom stereocenters. The van der Waals surface area contributed by atoms with E-state index in [4.69, 9.17) is 4.74 Å². The monoisotopic (exact) mass is 253 g/mol. The lowest BCUT2D eigenvalue weighted by Crippen LogP contribution is -2.56. The van der Waals surface area contributed by atoms with E-state index < -0.39 is 5.54 Å². The molecule has 0 unspecified atom stereocenters. The standard InChI is InChI=1S/C13H19NO2S/c1-4-13(12(15)16-5-2)11-10(6-7-17-11)8-9(3)14-13/h6-7,9,14H,4-5,8H2,1-3H3/t9-,13-/m0/s1. The zero-order valence-electron chi connectivity index (χ0n) is 10.6. The Morgan fingerprint density at radius 3 is 3.06 bits per heavy atom. The van der Waals surface area contributed by atoms with Gasteiger partial charge in [0.1, 0.15) is 0 Å². The fourth-order valence-electron chi connectivity index (χ4n) is 2.55. The van der Waals surface area contributed by atoms with E-state index in [9.17, 15) is 4.79 Å². The third-order valence-electron chi connectivity index (χ3n) is 3.31. The number of hydrogen-bond acceptors (Lipinski definition) is 4. The van der Waals surface area contributed by atoms with E-state index >= 15 is 0 Å². The second kappa shape index (κ2) is 4.78. The molecule has 94 valence electrons. The Morgan fingerprint density at radius 1 is 1.65 bits per heavy atom. The lowest BCUT2D eigenvalue weighted by atomic mass is 9.85. The van der Waals surface area contributed by atoms with Gasteiger partial charge in [-0.25, -0.2) is 4.79 Å². The van der Waals surface area contributed by atoms with Crippen molar-refractivity contribution in [2.24, 2.45) is 0 Å². The highest BCUT2D eigenvalue weighted by Gasteiger charge is 2.46. The zero-order chi connectivity index (χ0) is 12.5. The molecule has 1 aliphatic heterocycles. The fraction of sp³-hybridized carbons (Fsp3) is 0.615. The highest BCUT2D eigenvalue weighted by molar-refractivity contribution is 7.10. The molecule has 4 heteroatoms. The van der Waals surface area contributed by atoms with E-state index in [-0.39, 0.29) is 5.97 Å². The van der Waals surface area contributed by atoms with Crippen LogP contribution in [0.25, 0.3) is 0 Å². The smallest absolute Gasteiger partial charge is 0.331 e. The minimum absolute atomic E-state index is 0.141. The van der Waals surface area contributed by atoms with Crippen molar-refractivity contribution < 1.29 is 9.53 Å². The molecule has 2 heterocycles. The van der Waals surface area contributed by atoms with Gasteiger partial charge in [0, 0.05) is 10.9 Å². The Morgan fingerprint density at radius 2 is 2.41 bits per heavy atom. The average molecular weight is 253 g/mol. The summed E-state index contributed by atoms with van der Waals surface area (Å²) in [7, 11) is 0. The Hall–Kier alpha value is -0.870. The van der Waals surface area contributed by atoms with Gasteiger partial charge in [0.25, 0.3) is 0 Å². The molecule has 2 rings (SSSR count). The lowest BCUT2D eigenvalue weighted by Gasteiger charge is -2.38. The van der Waals surface area contributed by atoms with Crippen LogP contribution in [0.2, 0.25) is 0 Å². The van der Waals surface area contributed by atoms with Crippen LogP contribution in [0.15, 0.2) is 11.4 Å². The van der Waals surface area contributed by atoms with Crippen LogP contribution in [0.3, 0.4) is 0 Å². The fourth-order valence-corrected chi connectivity index (χ4v) is 3.71. The van der Waals surface area contributed by atoms with Crippen molar-refractivity contribution >= 4 is 17.3 Å². The number of nitrogens with one attached hydrogen (secondary N) is 1. The van der Waals surface area contributed by atoms with Crippen molar-refractivity contribution in [3.8, 4) is 0 Å². The highest BCUT2D eigenvalue weighted by atomic mass is 32.1. The van der Waals surface area contributed by atoms with Gasteiger partial charge in [-0.05, 0) is 43.7 Å². The first-order valence-electron chi connectivity index (χ1n) is 6.15. The first-order chi connectivity index (χ1) is 8.14. The van der Waals surface area contributed by atoms with Gasteiger partial charge >= 0.3 is 5.97 Å². The molecule has 1 N–H and O–H groups in total. The van der Waals surface area contributed by atoms with Gasteiger partial charge in [0.05, 0.1) is 6.61 Å². The number of carbonyl (C=O) groups excluding carboxylic acids is 1. The minimum Gasteiger partial charge on any atom is -0.464 e. The SMILES string of the molecule is CCOC(=O)[C@@]1(CC)N[C@@H](C)Cc2ccsc21. The van der Waals surface area contributed by atoms with E-state index in [1.54, 1.807) is 11.3 Å². The van der Waals surface area contributed by atoms with Crippen molar-refractivity contribution in [2.45, 2.75) is 45.2 Å². The maximum absolute atomic E-state index is 12.3. The van der Waals surface area contributed by atoms with Crippen LogP contribution in [0.1, 0.15) is 37.6 Å². The van der Waals surface area contributed by atoms with Crippen molar-refractivity contribution in [3.05, 3.63) is 21.9 Å². The molecule has 0 saturated heterocycles. The van der Waals surface area contributed by atoms with Gasteiger partial charge in [0.15, 0.2) is 5.54 Å². The second-order valence-electron chi connectivity index (χ2n) is 4.50. The maximum atomic E-state index is 12.3. The number of thiophene rings is 1. The van der Waals surface area contributed by atoms with E-state index in [1.807, 2.05) is 13.8 Å². The van der Waals surface area contributed by atoms with Crippen molar-refractivity contribution in [2.75, 3.05) is 6.61 Å². The topological polar surface area (TPSA) is 38.3 Å². The third kappa shape index (κ3) is 2.00. The Labute approximate surface area is 106 Å². The molecule has 0 fully saturated rings. The first-order valence-corrected chi connectivity index (χ1v) is 7.03. The summed E-state index contributed by atoms with van der Waals surface area (Å²) < 4.78 is 5.26.